The van der Waals surface area contributed by atoms with Crippen LogP contribution in [0.3, 0.4) is 0 Å². The minimum absolute atomic E-state index is 0.0349. The molecular formula is C26H34N6O2S. The molecule has 2 aromatic heterocycles. The second-order valence-electron chi connectivity index (χ2n) is 10.2. The molecular weight excluding hydrogens is 460 g/mol. The SMILES string of the molecule is CC(=O)N[C@@H](CCN1[C@@H]2CC[C@H]1C[C@@H](n1c(C)nc3c1CCN(C(C)=O)C3)C2)c1ccc(C#N)s1. The third-order valence-electron chi connectivity index (χ3n) is 8.03. The van der Waals surface area contributed by atoms with E-state index in [1.165, 1.54) is 29.9 Å². The van der Waals surface area contributed by atoms with Crippen LogP contribution in [0.15, 0.2) is 12.1 Å². The second-order valence-corrected chi connectivity index (χ2v) is 11.3. The Bertz CT molecular complexity index is 1150. The van der Waals surface area contributed by atoms with Gasteiger partial charge in [-0.15, -0.1) is 11.3 Å². The lowest BCUT2D eigenvalue weighted by molar-refractivity contribution is -0.129. The summed E-state index contributed by atoms with van der Waals surface area (Å²) < 4.78 is 2.49. The Morgan fingerprint density at radius 1 is 1.23 bits per heavy atom. The summed E-state index contributed by atoms with van der Waals surface area (Å²) in [6, 6.07) is 7.53. The molecule has 0 unspecified atom stereocenters. The van der Waals surface area contributed by atoms with Crippen LogP contribution in [0, 0.1) is 18.3 Å². The van der Waals surface area contributed by atoms with Crippen molar-refractivity contribution in [3.8, 4) is 6.07 Å². The molecule has 0 aliphatic carbocycles. The number of nitrogens with one attached hydrogen (secondary N) is 1. The van der Waals surface area contributed by atoms with Crippen LogP contribution < -0.4 is 5.32 Å². The van der Waals surface area contributed by atoms with Crippen molar-refractivity contribution < 1.29 is 9.59 Å². The highest BCUT2D eigenvalue weighted by Gasteiger charge is 2.42. The highest BCUT2D eigenvalue weighted by Crippen LogP contribution is 2.43. The number of hydrogen-bond acceptors (Lipinski definition) is 6. The van der Waals surface area contributed by atoms with Gasteiger partial charge in [-0.25, -0.2) is 4.98 Å². The molecule has 8 nitrogen and oxygen atoms in total. The van der Waals surface area contributed by atoms with Crippen molar-refractivity contribution in [3.63, 3.8) is 0 Å². The number of fused-ring (bicyclic) bond motifs is 3. The van der Waals surface area contributed by atoms with Crippen LogP contribution in [0.2, 0.25) is 0 Å². The average molecular weight is 495 g/mol. The topological polar surface area (TPSA) is 94.3 Å². The fourth-order valence-corrected chi connectivity index (χ4v) is 7.41. The van der Waals surface area contributed by atoms with Crippen molar-refractivity contribution in [1.29, 1.82) is 5.26 Å². The fourth-order valence-electron chi connectivity index (χ4n) is 6.52. The molecule has 3 aliphatic rings. The number of piperidine rings is 1. The van der Waals surface area contributed by atoms with Gasteiger partial charge in [-0.05, 0) is 51.2 Å². The van der Waals surface area contributed by atoms with E-state index >= 15 is 0 Å². The van der Waals surface area contributed by atoms with Gasteiger partial charge in [0.1, 0.15) is 16.8 Å². The van der Waals surface area contributed by atoms with E-state index in [4.69, 9.17) is 4.98 Å². The Hall–Kier alpha value is -2.70. The van der Waals surface area contributed by atoms with Crippen LogP contribution >= 0.6 is 11.3 Å². The summed E-state index contributed by atoms with van der Waals surface area (Å²) in [5, 5.41) is 12.3. The smallest absolute Gasteiger partial charge is 0.219 e. The third-order valence-corrected chi connectivity index (χ3v) is 9.14. The van der Waals surface area contributed by atoms with Gasteiger partial charge in [0.2, 0.25) is 11.8 Å². The second kappa shape index (κ2) is 9.75. The number of carbonyl (C=O) groups excluding carboxylic acids is 2. The first-order valence-electron chi connectivity index (χ1n) is 12.7. The van der Waals surface area contributed by atoms with E-state index in [1.807, 2.05) is 17.0 Å². The summed E-state index contributed by atoms with van der Waals surface area (Å²) in [5.41, 5.74) is 2.40. The highest BCUT2D eigenvalue weighted by atomic mass is 32.1. The van der Waals surface area contributed by atoms with Crippen LogP contribution in [-0.4, -0.2) is 56.3 Å². The van der Waals surface area contributed by atoms with Gasteiger partial charge in [-0.3, -0.25) is 14.5 Å². The first kappa shape index (κ1) is 24.0. The zero-order valence-corrected chi connectivity index (χ0v) is 21.6. The van der Waals surface area contributed by atoms with Gasteiger partial charge >= 0.3 is 0 Å². The Labute approximate surface area is 210 Å². The van der Waals surface area contributed by atoms with Gasteiger partial charge in [0.25, 0.3) is 0 Å². The molecule has 0 spiro atoms. The van der Waals surface area contributed by atoms with Crippen molar-refractivity contribution in [2.75, 3.05) is 13.1 Å². The van der Waals surface area contributed by atoms with E-state index in [-0.39, 0.29) is 17.9 Å². The molecule has 1 N–H and O–H groups in total. The van der Waals surface area contributed by atoms with E-state index in [0.29, 0.717) is 29.5 Å². The van der Waals surface area contributed by atoms with Crippen LogP contribution in [0.4, 0.5) is 0 Å². The van der Waals surface area contributed by atoms with Crippen molar-refractivity contribution >= 4 is 23.2 Å². The Morgan fingerprint density at radius 3 is 2.60 bits per heavy atom. The van der Waals surface area contributed by atoms with E-state index < -0.39 is 0 Å². The van der Waals surface area contributed by atoms with Crippen LogP contribution in [0.5, 0.6) is 0 Å². The average Bonchev–Trinajstić information content (AvgIpc) is 3.49. The van der Waals surface area contributed by atoms with Gasteiger partial charge in [-0.1, -0.05) is 0 Å². The maximum Gasteiger partial charge on any atom is 0.219 e. The van der Waals surface area contributed by atoms with Gasteiger partial charge in [-0.2, -0.15) is 5.26 Å². The van der Waals surface area contributed by atoms with Crippen LogP contribution in [-0.2, 0) is 22.6 Å². The minimum Gasteiger partial charge on any atom is -0.349 e. The van der Waals surface area contributed by atoms with E-state index in [9.17, 15) is 14.9 Å². The zero-order valence-electron chi connectivity index (χ0n) is 20.8. The lowest BCUT2D eigenvalue weighted by atomic mass is 9.95. The molecule has 4 atom stereocenters. The minimum atomic E-state index is -0.0520. The number of carbonyl (C=O) groups is 2. The number of aromatic nitrogens is 2. The summed E-state index contributed by atoms with van der Waals surface area (Å²) >= 11 is 1.47. The van der Waals surface area contributed by atoms with Gasteiger partial charge in [0, 0.05) is 62.1 Å². The normalized spacial score (nSPS) is 24.6. The van der Waals surface area contributed by atoms with Gasteiger partial charge < -0.3 is 14.8 Å². The molecule has 9 heteroatoms. The number of hydrogen-bond donors (Lipinski definition) is 1. The number of imidazole rings is 1. The zero-order chi connectivity index (χ0) is 24.7. The number of amides is 2. The molecule has 2 aromatic rings. The van der Waals surface area contributed by atoms with E-state index in [1.54, 1.807) is 13.8 Å². The Kier molecular flexibility index (Phi) is 6.69. The molecule has 0 saturated carbocycles. The quantitative estimate of drug-likeness (QED) is 0.664. The molecule has 186 valence electrons. The summed E-state index contributed by atoms with van der Waals surface area (Å²) in [6.07, 6.45) is 6.42. The first-order valence-corrected chi connectivity index (χ1v) is 13.5. The van der Waals surface area contributed by atoms with Crippen LogP contribution in [0.25, 0.3) is 0 Å². The molecule has 5 rings (SSSR count). The number of nitrogens with zero attached hydrogens (tertiary/aromatic N) is 5. The lowest BCUT2D eigenvalue weighted by Crippen LogP contribution is -2.45. The van der Waals surface area contributed by atoms with Crippen molar-refractivity contribution in [2.45, 2.75) is 90.0 Å². The first-order chi connectivity index (χ1) is 16.8. The highest BCUT2D eigenvalue weighted by molar-refractivity contribution is 7.12. The molecule has 0 aromatic carbocycles. The maximum absolute atomic E-state index is 11.9. The summed E-state index contributed by atoms with van der Waals surface area (Å²) in [7, 11) is 0. The van der Waals surface area contributed by atoms with Gasteiger partial charge in [0.05, 0.1) is 18.3 Å². The Balaban J connectivity index is 1.27. The monoisotopic (exact) mass is 494 g/mol. The molecule has 5 heterocycles. The van der Waals surface area contributed by atoms with E-state index in [2.05, 4.69) is 27.8 Å². The van der Waals surface area contributed by atoms with Crippen molar-refractivity contribution in [1.82, 2.24) is 24.7 Å². The Morgan fingerprint density at radius 2 is 1.97 bits per heavy atom. The largest absolute Gasteiger partial charge is 0.349 e. The predicted octanol–water partition coefficient (Wildman–Crippen LogP) is 3.46. The molecule has 2 saturated heterocycles. The fraction of sp³-hybridized carbons (Fsp3) is 0.615. The van der Waals surface area contributed by atoms with Crippen LogP contribution in [0.1, 0.15) is 85.0 Å². The third kappa shape index (κ3) is 4.74. The molecule has 3 aliphatic heterocycles. The molecule has 2 amide bonds. The van der Waals surface area contributed by atoms with Crippen molar-refractivity contribution in [3.05, 3.63) is 39.1 Å². The van der Waals surface area contributed by atoms with E-state index in [0.717, 1.165) is 55.2 Å². The summed E-state index contributed by atoms with van der Waals surface area (Å²) in [5.74, 6) is 1.17. The van der Waals surface area contributed by atoms with Gasteiger partial charge in [0.15, 0.2) is 0 Å². The molecule has 2 bridgehead atoms. The number of nitriles is 1. The number of thiophene rings is 1. The number of aryl methyl sites for hydroxylation is 1. The lowest BCUT2D eigenvalue weighted by Gasteiger charge is -2.41. The van der Waals surface area contributed by atoms with Crippen molar-refractivity contribution in [2.24, 2.45) is 0 Å². The number of rotatable bonds is 6. The molecule has 0 radical (unpaired) electrons. The summed E-state index contributed by atoms with van der Waals surface area (Å²) in [4.78, 5) is 34.9. The predicted molar refractivity (Wildman–Crippen MR) is 134 cm³/mol. The molecule has 2 fully saturated rings. The summed E-state index contributed by atoms with van der Waals surface area (Å²) in [6.45, 7) is 7.66. The standard InChI is InChI=1S/C26H34N6O2S/c1-16-28-24-15-30(18(3)34)10-9-25(24)32(16)21-12-19-4-5-20(13-21)31(19)11-8-23(29-17(2)33)26-7-6-22(14-27)35-26/h6-7,19-21,23H,4-5,8-13,15H2,1-3H3,(H,29,33)/t19-,20+,21+,23-/m0/s1. The molecule has 35 heavy (non-hydrogen) atoms. The maximum atomic E-state index is 11.9.